The summed E-state index contributed by atoms with van der Waals surface area (Å²) < 4.78 is 10.5. The van der Waals surface area contributed by atoms with Crippen molar-refractivity contribution >= 4 is 57.9 Å². The van der Waals surface area contributed by atoms with Gasteiger partial charge in [-0.15, -0.1) is 0 Å². The number of rotatable bonds is 5. The fourth-order valence-electron chi connectivity index (χ4n) is 3.94. The standard InChI is InChI=1S/C25H18Cl3NO6/c1-34-15-6-4-14(5-7-15)29-21(12-3-8-19(30)17(27)9-12)20(23(32)25(29)33)22(31)16-10-13(26)11-18(28)24(16)35-2/h3-11,21,30-31H,1-2H3/b22-20+. The van der Waals surface area contributed by atoms with Gasteiger partial charge in [0.2, 0.25) is 0 Å². The number of phenols is 1. The molecule has 180 valence electrons. The van der Waals surface area contributed by atoms with Crippen molar-refractivity contribution in [3.05, 3.63) is 86.4 Å². The largest absolute Gasteiger partial charge is 0.507 e. The molecule has 3 aromatic carbocycles. The van der Waals surface area contributed by atoms with E-state index in [1.807, 2.05) is 0 Å². The first-order valence-electron chi connectivity index (χ1n) is 10.1. The Morgan fingerprint density at radius 1 is 0.914 bits per heavy atom. The highest BCUT2D eigenvalue weighted by Crippen LogP contribution is 2.46. The van der Waals surface area contributed by atoms with Crippen LogP contribution in [-0.4, -0.2) is 36.1 Å². The number of phenolic OH excluding ortho intramolecular Hbond substituents is 1. The van der Waals surface area contributed by atoms with E-state index in [4.69, 9.17) is 44.3 Å². The molecule has 0 aliphatic carbocycles. The van der Waals surface area contributed by atoms with Crippen molar-refractivity contribution in [3.63, 3.8) is 0 Å². The lowest BCUT2D eigenvalue weighted by Crippen LogP contribution is -2.29. The average molecular weight is 535 g/mol. The maximum Gasteiger partial charge on any atom is 0.300 e. The van der Waals surface area contributed by atoms with E-state index in [-0.39, 0.29) is 37.7 Å². The number of aliphatic hydroxyl groups excluding tert-OH is 1. The first-order chi connectivity index (χ1) is 16.7. The minimum Gasteiger partial charge on any atom is -0.507 e. The second kappa shape index (κ2) is 9.70. The Kier molecular flexibility index (Phi) is 6.85. The summed E-state index contributed by atoms with van der Waals surface area (Å²) in [6, 6.07) is 12.4. The van der Waals surface area contributed by atoms with E-state index in [1.165, 1.54) is 49.5 Å². The lowest BCUT2D eigenvalue weighted by Gasteiger charge is -2.26. The van der Waals surface area contributed by atoms with Crippen LogP contribution in [0.15, 0.2) is 60.2 Å². The van der Waals surface area contributed by atoms with Gasteiger partial charge >= 0.3 is 0 Å². The molecule has 1 unspecified atom stereocenters. The summed E-state index contributed by atoms with van der Waals surface area (Å²) in [5.74, 6) is -1.90. The number of ether oxygens (including phenoxy) is 2. The van der Waals surface area contributed by atoms with Crippen LogP contribution in [0.2, 0.25) is 15.1 Å². The number of benzene rings is 3. The molecular formula is C25H18Cl3NO6. The molecule has 35 heavy (non-hydrogen) atoms. The predicted octanol–water partition coefficient (Wildman–Crippen LogP) is 6.00. The average Bonchev–Trinajstić information content (AvgIpc) is 3.10. The van der Waals surface area contributed by atoms with E-state index in [0.717, 1.165) is 0 Å². The zero-order valence-electron chi connectivity index (χ0n) is 18.4. The third kappa shape index (κ3) is 4.38. The first kappa shape index (κ1) is 24.7. The zero-order chi connectivity index (χ0) is 25.4. The van der Waals surface area contributed by atoms with Crippen LogP contribution in [0.4, 0.5) is 5.69 Å². The molecule has 1 heterocycles. The van der Waals surface area contributed by atoms with Crippen LogP contribution in [0.5, 0.6) is 17.2 Å². The number of carbonyl (C=O) groups is 2. The van der Waals surface area contributed by atoms with Crippen molar-refractivity contribution in [1.82, 2.24) is 0 Å². The Hall–Kier alpha value is -3.39. The third-order valence-electron chi connectivity index (χ3n) is 5.55. The number of hydrogen-bond acceptors (Lipinski definition) is 6. The van der Waals surface area contributed by atoms with Gasteiger partial charge in [-0.25, -0.2) is 0 Å². The van der Waals surface area contributed by atoms with Crippen LogP contribution in [0.25, 0.3) is 5.76 Å². The van der Waals surface area contributed by atoms with Gasteiger partial charge < -0.3 is 19.7 Å². The minimum absolute atomic E-state index is 0.00574. The third-order valence-corrected chi connectivity index (χ3v) is 6.35. The molecule has 1 amide bonds. The quantitative estimate of drug-likeness (QED) is 0.237. The molecule has 4 rings (SSSR count). The van der Waals surface area contributed by atoms with E-state index < -0.39 is 23.5 Å². The van der Waals surface area contributed by atoms with Crippen LogP contribution in [0, 0.1) is 0 Å². The van der Waals surface area contributed by atoms with Crippen molar-refractivity contribution in [1.29, 1.82) is 0 Å². The molecule has 0 spiro atoms. The summed E-state index contributed by atoms with van der Waals surface area (Å²) in [7, 11) is 2.85. The normalized spacial score (nSPS) is 17.1. The number of Topliss-reactive ketones (excluding diaryl/α,β-unsaturated/α-hetero) is 1. The molecule has 1 aliphatic rings. The summed E-state index contributed by atoms with van der Waals surface area (Å²) in [5.41, 5.74) is 0.547. The van der Waals surface area contributed by atoms with E-state index in [0.29, 0.717) is 17.0 Å². The maximum absolute atomic E-state index is 13.3. The molecule has 0 aromatic heterocycles. The fraction of sp³-hybridized carbons (Fsp3) is 0.120. The number of ketones is 1. The summed E-state index contributed by atoms with van der Waals surface area (Å²) in [5, 5.41) is 21.6. The number of nitrogens with zero attached hydrogens (tertiary/aromatic N) is 1. The molecule has 1 aliphatic heterocycles. The number of carbonyl (C=O) groups excluding carboxylic acids is 2. The Bertz CT molecular complexity index is 1370. The van der Waals surface area contributed by atoms with Gasteiger partial charge in [0, 0.05) is 10.7 Å². The number of hydrogen-bond donors (Lipinski definition) is 2. The molecule has 0 saturated carbocycles. The lowest BCUT2D eigenvalue weighted by molar-refractivity contribution is -0.132. The Morgan fingerprint density at radius 3 is 2.20 bits per heavy atom. The highest BCUT2D eigenvalue weighted by Gasteiger charge is 2.47. The Morgan fingerprint density at radius 2 is 1.60 bits per heavy atom. The molecule has 7 nitrogen and oxygen atoms in total. The SMILES string of the molecule is COc1ccc(N2C(=O)C(=O)/C(=C(/O)c3cc(Cl)cc(Cl)c3OC)C2c2ccc(O)c(Cl)c2)cc1. The van der Waals surface area contributed by atoms with Crippen LogP contribution < -0.4 is 14.4 Å². The second-order valence-corrected chi connectivity index (χ2v) is 8.80. The molecule has 1 saturated heterocycles. The summed E-state index contributed by atoms with van der Waals surface area (Å²) in [6.07, 6.45) is 0. The summed E-state index contributed by atoms with van der Waals surface area (Å²) in [4.78, 5) is 27.8. The van der Waals surface area contributed by atoms with Crippen LogP contribution in [0.1, 0.15) is 17.2 Å². The number of aliphatic hydroxyl groups is 1. The van der Waals surface area contributed by atoms with Gasteiger partial charge in [-0.1, -0.05) is 40.9 Å². The van der Waals surface area contributed by atoms with Crippen molar-refractivity contribution in [2.45, 2.75) is 6.04 Å². The van der Waals surface area contributed by atoms with E-state index in [1.54, 1.807) is 24.3 Å². The number of methoxy groups -OCH3 is 2. The van der Waals surface area contributed by atoms with E-state index >= 15 is 0 Å². The number of aromatic hydroxyl groups is 1. The monoisotopic (exact) mass is 533 g/mol. The molecule has 10 heteroatoms. The number of amides is 1. The highest BCUT2D eigenvalue weighted by molar-refractivity contribution is 6.52. The van der Waals surface area contributed by atoms with Crippen LogP contribution >= 0.6 is 34.8 Å². The molecule has 3 aromatic rings. The van der Waals surface area contributed by atoms with Crippen molar-refractivity contribution in [3.8, 4) is 17.2 Å². The van der Waals surface area contributed by atoms with Gasteiger partial charge in [0.15, 0.2) is 0 Å². The summed E-state index contributed by atoms with van der Waals surface area (Å²) in [6.45, 7) is 0. The van der Waals surface area contributed by atoms with Gasteiger partial charge in [-0.2, -0.15) is 0 Å². The van der Waals surface area contributed by atoms with Crippen molar-refractivity contribution < 1.29 is 29.3 Å². The van der Waals surface area contributed by atoms with E-state index in [2.05, 4.69) is 0 Å². The number of halogens is 3. The second-order valence-electron chi connectivity index (χ2n) is 7.55. The molecular weight excluding hydrogens is 517 g/mol. The van der Waals surface area contributed by atoms with Gasteiger partial charge in [-0.05, 0) is 54.1 Å². The first-order valence-corrected chi connectivity index (χ1v) is 11.3. The maximum atomic E-state index is 13.3. The highest BCUT2D eigenvalue weighted by atomic mass is 35.5. The Balaban J connectivity index is 2.00. The zero-order valence-corrected chi connectivity index (χ0v) is 20.6. The molecule has 2 N–H and O–H groups in total. The van der Waals surface area contributed by atoms with Gasteiger partial charge in [0.25, 0.3) is 11.7 Å². The smallest absolute Gasteiger partial charge is 0.300 e. The summed E-state index contributed by atoms with van der Waals surface area (Å²) >= 11 is 18.5. The Labute approximate surface area is 215 Å². The van der Waals surface area contributed by atoms with Gasteiger partial charge in [0.05, 0.1) is 41.4 Å². The number of anilines is 1. The topological polar surface area (TPSA) is 96.3 Å². The van der Waals surface area contributed by atoms with Gasteiger partial charge in [0.1, 0.15) is 23.0 Å². The predicted molar refractivity (Wildman–Crippen MR) is 134 cm³/mol. The molecule has 0 radical (unpaired) electrons. The van der Waals surface area contributed by atoms with Crippen molar-refractivity contribution in [2.24, 2.45) is 0 Å². The fourth-order valence-corrected chi connectivity index (χ4v) is 4.70. The molecule has 1 atom stereocenters. The van der Waals surface area contributed by atoms with E-state index in [9.17, 15) is 19.8 Å². The lowest BCUT2D eigenvalue weighted by atomic mass is 9.94. The molecule has 1 fully saturated rings. The van der Waals surface area contributed by atoms with Crippen LogP contribution in [-0.2, 0) is 9.59 Å². The van der Waals surface area contributed by atoms with Gasteiger partial charge in [-0.3, -0.25) is 14.5 Å². The minimum atomic E-state index is -1.09. The van der Waals surface area contributed by atoms with Crippen molar-refractivity contribution in [2.75, 3.05) is 19.1 Å². The molecule has 0 bridgehead atoms. The van der Waals surface area contributed by atoms with Crippen LogP contribution in [0.3, 0.4) is 0 Å².